The Labute approximate surface area is 133 Å². The van der Waals surface area contributed by atoms with Crippen LogP contribution >= 0.6 is 45.2 Å². The molecule has 2 aromatic rings. The molecule has 0 atom stereocenters. The lowest BCUT2D eigenvalue weighted by molar-refractivity contribution is 0.185. The van der Waals surface area contributed by atoms with E-state index in [0.29, 0.717) is 14.2 Å². The zero-order chi connectivity index (χ0) is 14.9. The zero-order valence-electron chi connectivity index (χ0n) is 10.0. The van der Waals surface area contributed by atoms with Gasteiger partial charge in [0.1, 0.15) is 4.34 Å². The Bertz CT molecular complexity index is 726. The standard InChI is InChI=1S/C9H8Cl3N3O3S2/c1-18-3-2-15-8(5-4-6(10)19-7(5)11)13-14-9(15)20(12,16)17/h4H,2-3H2,1H3. The summed E-state index contributed by atoms with van der Waals surface area (Å²) in [7, 11) is 2.81. The second-order valence-corrected chi connectivity index (χ2v) is 8.37. The first-order chi connectivity index (χ1) is 9.34. The molecule has 0 saturated heterocycles. The molecule has 0 radical (unpaired) electrons. The van der Waals surface area contributed by atoms with Gasteiger partial charge in [-0.1, -0.05) is 23.2 Å². The van der Waals surface area contributed by atoms with Crippen LogP contribution in [0.1, 0.15) is 0 Å². The van der Waals surface area contributed by atoms with Crippen LogP contribution in [0, 0.1) is 0 Å². The number of hydrogen-bond donors (Lipinski definition) is 0. The minimum Gasteiger partial charge on any atom is -0.383 e. The lowest BCUT2D eigenvalue weighted by atomic mass is 10.3. The Kier molecular flexibility index (Phi) is 4.93. The van der Waals surface area contributed by atoms with E-state index >= 15 is 0 Å². The average molecular weight is 377 g/mol. The van der Waals surface area contributed by atoms with Gasteiger partial charge in [0.2, 0.25) is 0 Å². The molecule has 0 fully saturated rings. The van der Waals surface area contributed by atoms with Gasteiger partial charge in [-0.3, -0.25) is 4.57 Å². The molecule has 11 heteroatoms. The summed E-state index contributed by atoms with van der Waals surface area (Å²) in [5.41, 5.74) is 0.497. The van der Waals surface area contributed by atoms with E-state index in [1.165, 1.54) is 11.7 Å². The molecule has 0 saturated carbocycles. The fourth-order valence-corrected chi connectivity index (χ4v) is 3.92. The molecule has 0 unspecified atom stereocenters. The number of methoxy groups -OCH3 is 1. The monoisotopic (exact) mass is 375 g/mol. The van der Waals surface area contributed by atoms with Crippen LogP contribution in [-0.4, -0.2) is 36.9 Å². The summed E-state index contributed by atoms with van der Waals surface area (Å²) in [4.78, 5) is 0. The van der Waals surface area contributed by atoms with Gasteiger partial charge in [-0.05, 0) is 6.07 Å². The highest BCUT2D eigenvalue weighted by Crippen LogP contribution is 2.38. The summed E-state index contributed by atoms with van der Waals surface area (Å²) in [5, 5.41) is 7.09. The van der Waals surface area contributed by atoms with E-state index in [1.807, 2.05) is 0 Å². The highest BCUT2D eigenvalue weighted by molar-refractivity contribution is 8.13. The van der Waals surface area contributed by atoms with Crippen LogP contribution < -0.4 is 0 Å². The lowest BCUT2D eigenvalue weighted by Crippen LogP contribution is -2.11. The van der Waals surface area contributed by atoms with Crippen molar-refractivity contribution in [2.24, 2.45) is 0 Å². The number of aromatic nitrogens is 3. The second kappa shape index (κ2) is 6.17. The summed E-state index contributed by atoms with van der Waals surface area (Å²) in [6.07, 6.45) is 0. The number of halogens is 3. The minimum absolute atomic E-state index is 0.212. The Hall–Kier alpha value is -0.380. The molecule has 2 heterocycles. The largest absolute Gasteiger partial charge is 0.383 e. The van der Waals surface area contributed by atoms with Crippen LogP contribution in [0.4, 0.5) is 0 Å². The topological polar surface area (TPSA) is 74.1 Å². The normalized spacial score (nSPS) is 12.0. The van der Waals surface area contributed by atoms with Crippen LogP contribution in [0.15, 0.2) is 11.2 Å². The molecule has 0 aliphatic carbocycles. The molecule has 20 heavy (non-hydrogen) atoms. The quantitative estimate of drug-likeness (QED) is 0.750. The molecule has 110 valence electrons. The first-order valence-corrected chi connectivity index (χ1v) is 9.04. The molecule has 0 amide bonds. The molecular weight excluding hydrogens is 369 g/mol. The van der Waals surface area contributed by atoms with E-state index in [1.54, 1.807) is 6.07 Å². The van der Waals surface area contributed by atoms with Crippen molar-refractivity contribution in [3.63, 3.8) is 0 Å². The third-order valence-corrected chi connectivity index (χ3v) is 4.99. The Morgan fingerprint density at radius 1 is 1.40 bits per heavy atom. The van der Waals surface area contributed by atoms with Crippen molar-refractivity contribution >= 4 is 54.3 Å². The van der Waals surface area contributed by atoms with Crippen molar-refractivity contribution in [1.82, 2.24) is 14.8 Å². The fourth-order valence-electron chi connectivity index (χ4n) is 1.55. The van der Waals surface area contributed by atoms with E-state index in [4.69, 9.17) is 38.6 Å². The summed E-state index contributed by atoms with van der Waals surface area (Å²) in [6, 6.07) is 1.59. The van der Waals surface area contributed by atoms with Gasteiger partial charge in [0, 0.05) is 17.8 Å². The number of rotatable bonds is 5. The molecule has 6 nitrogen and oxygen atoms in total. The Balaban J connectivity index is 2.59. The van der Waals surface area contributed by atoms with Crippen molar-refractivity contribution in [1.29, 1.82) is 0 Å². The van der Waals surface area contributed by atoms with Crippen LogP contribution in [-0.2, 0) is 20.3 Å². The van der Waals surface area contributed by atoms with Gasteiger partial charge in [0.25, 0.3) is 14.2 Å². The van der Waals surface area contributed by atoms with E-state index in [-0.39, 0.29) is 24.1 Å². The fraction of sp³-hybridized carbons (Fsp3) is 0.333. The van der Waals surface area contributed by atoms with Gasteiger partial charge in [-0.25, -0.2) is 8.42 Å². The first-order valence-electron chi connectivity index (χ1n) is 5.16. The number of ether oxygens (including phenoxy) is 1. The molecule has 0 aliphatic heterocycles. The Morgan fingerprint density at radius 3 is 2.60 bits per heavy atom. The van der Waals surface area contributed by atoms with Gasteiger partial charge in [-0.2, -0.15) is 0 Å². The maximum Gasteiger partial charge on any atom is 0.296 e. The SMILES string of the molecule is COCCn1c(-c2cc(Cl)sc2Cl)nnc1S(=O)(=O)Cl. The smallest absolute Gasteiger partial charge is 0.296 e. The molecule has 2 aromatic heterocycles. The highest BCUT2D eigenvalue weighted by atomic mass is 35.7. The summed E-state index contributed by atoms with van der Waals surface area (Å²) < 4.78 is 30.1. The van der Waals surface area contributed by atoms with Crippen LogP contribution in [0.5, 0.6) is 0 Å². The average Bonchev–Trinajstić information content (AvgIpc) is 2.88. The van der Waals surface area contributed by atoms with Crippen molar-refractivity contribution in [3.8, 4) is 11.4 Å². The van der Waals surface area contributed by atoms with E-state index in [0.717, 1.165) is 11.3 Å². The number of hydrogen-bond acceptors (Lipinski definition) is 6. The molecular formula is C9H8Cl3N3O3S2. The minimum atomic E-state index is -4.02. The second-order valence-electron chi connectivity index (χ2n) is 3.63. The van der Waals surface area contributed by atoms with Crippen molar-refractivity contribution < 1.29 is 13.2 Å². The van der Waals surface area contributed by atoms with Crippen molar-refractivity contribution in [2.45, 2.75) is 11.7 Å². The molecule has 0 N–H and O–H groups in total. The van der Waals surface area contributed by atoms with Crippen molar-refractivity contribution in [2.75, 3.05) is 13.7 Å². The lowest BCUT2D eigenvalue weighted by Gasteiger charge is -2.07. The van der Waals surface area contributed by atoms with E-state index in [2.05, 4.69) is 10.2 Å². The van der Waals surface area contributed by atoms with Gasteiger partial charge < -0.3 is 4.74 Å². The zero-order valence-corrected chi connectivity index (χ0v) is 13.9. The molecule has 0 aromatic carbocycles. The first kappa shape index (κ1) is 16.0. The van der Waals surface area contributed by atoms with Gasteiger partial charge in [0.05, 0.1) is 23.1 Å². The summed E-state index contributed by atoms with van der Waals surface area (Å²) >= 11 is 13.1. The van der Waals surface area contributed by atoms with Crippen LogP contribution in [0.3, 0.4) is 0 Å². The predicted molar refractivity (Wildman–Crippen MR) is 78.3 cm³/mol. The molecule has 0 bridgehead atoms. The molecule has 0 spiro atoms. The van der Waals surface area contributed by atoms with Crippen LogP contribution in [0.25, 0.3) is 11.4 Å². The Morgan fingerprint density at radius 2 is 2.10 bits per heavy atom. The molecule has 0 aliphatic rings. The highest BCUT2D eigenvalue weighted by Gasteiger charge is 2.25. The van der Waals surface area contributed by atoms with Gasteiger partial charge in [-0.15, -0.1) is 21.5 Å². The van der Waals surface area contributed by atoms with Crippen LogP contribution in [0.2, 0.25) is 8.67 Å². The third-order valence-electron chi connectivity index (χ3n) is 2.35. The van der Waals surface area contributed by atoms with Gasteiger partial charge >= 0.3 is 0 Å². The number of nitrogens with zero attached hydrogens (tertiary/aromatic N) is 3. The maximum atomic E-state index is 11.5. The summed E-state index contributed by atoms with van der Waals surface area (Å²) in [6.45, 7) is 0.476. The third kappa shape index (κ3) is 3.26. The maximum absolute atomic E-state index is 11.5. The predicted octanol–water partition coefficient (Wildman–Crippen LogP) is 2.89. The van der Waals surface area contributed by atoms with E-state index in [9.17, 15) is 8.42 Å². The van der Waals surface area contributed by atoms with Gasteiger partial charge in [0.15, 0.2) is 5.82 Å². The summed E-state index contributed by atoms with van der Waals surface area (Å²) in [5.74, 6) is 0.273. The van der Waals surface area contributed by atoms with Crippen molar-refractivity contribution in [3.05, 3.63) is 14.7 Å². The number of thiophene rings is 1. The molecule has 2 rings (SSSR count). The van der Waals surface area contributed by atoms with E-state index < -0.39 is 9.05 Å².